The largest absolute Gasteiger partial charge is 0.324 e. The van der Waals surface area contributed by atoms with Gasteiger partial charge in [0.05, 0.1) is 17.1 Å². The number of rotatable bonds is 5. The van der Waals surface area contributed by atoms with Gasteiger partial charge in [-0.3, -0.25) is 4.79 Å². The van der Waals surface area contributed by atoms with Crippen LogP contribution in [0.4, 0.5) is 5.69 Å². The van der Waals surface area contributed by atoms with Gasteiger partial charge in [0.2, 0.25) is 11.1 Å². The molecule has 6 nitrogen and oxygen atoms in total. The van der Waals surface area contributed by atoms with Crippen LogP contribution in [0.25, 0.3) is 5.69 Å². The van der Waals surface area contributed by atoms with Gasteiger partial charge in [-0.1, -0.05) is 39.8 Å². The van der Waals surface area contributed by atoms with Crippen LogP contribution in [0.5, 0.6) is 0 Å². The van der Waals surface area contributed by atoms with E-state index < -0.39 is 0 Å². The van der Waals surface area contributed by atoms with Gasteiger partial charge in [0.25, 0.3) is 0 Å². The fourth-order valence-electron chi connectivity index (χ4n) is 1.89. The second kappa shape index (κ2) is 7.91. The average molecular weight is 469 g/mol. The molecule has 0 saturated carbocycles. The zero-order valence-electron chi connectivity index (χ0n) is 12.2. The molecule has 0 aliphatic carbocycles. The summed E-state index contributed by atoms with van der Waals surface area (Å²) in [5, 5.41) is 15.0. The molecule has 0 bridgehead atoms. The highest BCUT2D eigenvalue weighted by molar-refractivity contribution is 9.10. The lowest BCUT2D eigenvalue weighted by molar-refractivity contribution is -0.113. The molecule has 0 unspecified atom stereocenters. The van der Waals surface area contributed by atoms with Crippen LogP contribution >= 0.6 is 43.6 Å². The summed E-state index contributed by atoms with van der Waals surface area (Å²) in [7, 11) is 0. The molecule has 24 heavy (non-hydrogen) atoms. The van der Waals surface area contributed by atoms with Crippen LogP contribution in [0, 0.1) is 0 Å². The number of halogens is 2. The first kappa shape index (κ1) is 17.1. The van der Waals surface area contributed by atoms with E-state index in [9.17, 15) is 4.79 Å². The van der Waals surface area contributed by atoms with E-state index in [2.05, 4.69) is 52.7 Å². The Hall–Kier alpha value is -1.71. The molecular weight excluding hydrogens is 458 g/mol. The number of para-hydroxylation sites is 1. The molecule has 1 amide bonds. The standard InChI is InChI=1S/C15H11Br2N5OS/c16-10-5-7-11(8-6-10)22-15(19-20-21-22)24-9-14(23)18-13-4-2-1-3-12(13)17/h1-8H,9H2,(H,18,23). The summed E-state index contributed by atoms with van der Waals surface area (Å²) in [4.78, 5) is 12.1. The summed E-state index contributed by atoms with van der Waals surface area (Å²) in [6.07, 6.45) is 0. The van der Waals surface area contributed by atoms with Gasteiger partial charge in [-0.25, -0.2) is 0 Å². The van der Waals surface area contributed by atoms with Crippen LogP contribution in [-0.4, -0.2) is 31.9 Å². The third kappa shape index (κ3) is 4.22. The SMILES string of the molecule is O=C(CSc1nnnn1-c1ccc(Br)cc1)Nc1ccccc1Br. The maximum absolute atomic E-state index is 12.1. The first-order valence-electron chi connectivity index (χ1n) is 6.85. The van der Waals surface area contributed by atoms with Crippen molar-refractivity contribution in [2.45, 2.75) is 5.16 Å². The molecule has 1 aromatic heterocycles. The van der Waals surface area contributed by atoms with Gasteiger partial charge in [-0.15, -0.1) is 5.10 Å². The molecule has 1 heterocycles. The van der Waals surface area contributed by atoms with Crippen molar-refractivity contribution in [3.63, 3.8) is 0 Å². The fraction of sp³-hybridized carbons (Fsp3) is 0.0667. The van der Waals surface area contributed by atoms with Gasteiger partial charge in [0, 0.05) is 8.95 Å². The minimum Gasteiger partial charge on any atom is -0.324 e. The number of hydrogen-bond acceptors (Lipinski definition) is 5. The van der Waals surface area contributed by atoms with Crippen molar-refractivity contribution in [2.24, 2.45) is 0 Å². The average Bonchev–Trinajstić information content (AvgIpc) is 3.04. The molecule has 9 heteroatoms. The number of nitrogens with zero attached hydrogens (tertiary/aromatic N) is 4. The lowest BCUT2D eigenvalue weighted by Gasteiger charge is -2.07. The van der Waals surface area contributed by atoms with E-state index in [1.165, 1.54) is 11.8 Å². The third-order valence-corrected chi connectivity index (χ3v) is 5.13. The van der Waals surface area contributed by atoms with E-state index in [1.54, 1.807) is 4.68 Å². The van der Waals surface area contributed by atoms with E-state index in [-0.39, 0.29) is 11.7 Å². The number of benzene rings is 2. The molecule has 2 aromatic carbocycles. The Bertz CT molecular complexity index is 853. The van der Waals surface area contributed by atoms with Gasteiger partial charge < -0.3 is 5.32 Å². The second-order valence-corrected chi connectivity index (χ2v) is 7.38. The summed E-state index contributed by atoms with van der Waals surface area (Å²) >= 11 is 8.07. The molecule has 0 radical (unpaired) electrons. The number of aromatic nitrogens is 4. The first-order valence-corrected chi connectivity index (χ1v) is 9.42. The fourth-order valence-corrected chi connectivity index (χ4v) is 3.23. The molecule has 0 spiro atoms. The minimum atomic E-state index is -0.128. The number of amides is 1. The van der Waals surface area contributed by atoms with E-state index in [0.717, 1.165) is 20.3 Å². The van der Waals surface area contributed by atoms with Crippen LogP contribution in [0.15, 0.2) is 62.6 Å². The topological polar surface area (TPSA) is 72.7 Å². The predicted molar refractivity (Wildman–Crippen MR) is 100 cm³/mol. The summed E-state index contributed by atoms with van der Waals surface area (Å²) in [5.41, 5.74) is 1.56. The Morgan fingerprint density at radius 1 is 1.12 bits per heavy atom. The number of thioether (sulfide) groups is 1. The number of nitrogens with one attached hydrogen (secondary N) is 1. The lowest BCUT2D eigenvalue weighted by atomic mass is 10.3. The molecule has 0 fully saturated rings. The van der Waals surface area contributed by atoms with Crippen molar-refractivity contribution in [2.75, 3.05) is 11.1 Å². The molecule has 3 rings (SSSR count). The number of hydrogen-bond donors (Lipinski definition) is 1. The van der Waals surface area contributed by atoms with E-state index in [4.69, 9.17) is 0 Å². The van der Waals surface area contributed by atoms with Crippen molar-refractivity contribution in [1.29, 1.82) is 0 Å². The van der Waals surface area contributed by atoms with E-state index >= 15 is 0 Å². The van der Waals surface area contributed by atoms with E-state index in [0.29, 0.717) is 5.16 Å². The molecule has 1 N–H and O–H groups in total. The Morgan fingerprint density at radius 3 is 2.62 bits per heavy atom. The molecule has 0 aliphatic heterocycles. The van der Waals surface area contributed by atoms with Gasteiger partial charge in [-0.2, -0.15) is 4.68 Å². The smallest absolute Gasteiger partial charge is 0.234 e. The lowest BCUT2D eigenvalue weighted by Crippen LogP contribution is -2.15. The Labute approximate surface area is 159 Å². The Balaban J connectivity index is 1.65. The second-order valence-electron chi connectivity index (χ2n) is 4.67. The molecule has 0 aliphatic rings. The molecule has 122 valence electrons. The minimum absolute atomic E-state index is 0.128. The zero-order valence-corrected chi connectivity index (χ0v) is 16.2. The number of carbonyl (C=O) groups excluding carboxylic acids is 1. The normalized spacial score (nSPS) is 10.6. The maximum atomic E-state index is 12.1. The predicted octanol–water partition coefficient (Wildman–Crippen LogP) is 3.92. The van der Waals surface area contributed by atoms with Gasteiger partial charge in [0.15, 0.2) is 0 Å². The molecule has 0 atom stereocenters. The Morgan fingerprint density at radius 2 is 1.88 bits per heavy atom. The number of tetrazole rings is 1. The van der Waals surface area contributed by atoms with E-state index in [1.807, 2.05) is 48.5 Å². The van der Waals surface area contributed by atoms with Crippen LogP contribution in [-0.2, 0) is 4.79 Å². The van der Waals surface area contributed by atoms with Crippen LogP contribution in [0.1, 0.15) is 0 Å². The van der Waals surface area contributed by atoms with Gasteiger partial charge in [0.1, 0.15) is 0 Å². The molecule has 0 saturated heterocycles. The first-order chi connectivity index (χ1) is 11.6. The van der Waals surface area contributed by atoms with Crippen molar-refractivity contribution < 1.29 is 4.79 Å². The Kier molecular flexibility index (Phi) is 5.64. The summed E-state index contributed by atoms with van der Waals surface area (Å²) in [6.45, 7) is 0. The highest BCUT2D eigenvalue weighted by atomic mass is 79.9. The van der Waals surface area contributed by atoms with Crippen molar-refractivity contribution >= 4 is 55.2 Å². The molecular formula is C15H11Br2N5OS. The number of anilines is 1. The maximum Gasteiger partial charge on any atom is 0.234 e. The van der Waals surface area contributed by atoms with Crippen molar-refractivity contribution in [3.8, 4) is 5.69 Å². The third-order valence-electron chi connectivity index (χ3n) is 2.99. The highest BCUT2D eigenvalue weighted by Crippen LogP contribution is 2.23. The van der Waals surface area contributed by atoms with Crippen LogP contribution < -0.4 is 5.32 Å². The van der Waals surface area contributed by atoms with Gasteiger partial charge in [-0.05, 0) is 62.8 Å². The molecule has 3 aromatic rings. The monoisotopic (exact) mass is 467 g/mol. The summed E-state index contributed by atoms with van der Waals surface area (Å²) < 4.78 is 3.41. The van der Waals surface area contributed by atoms with Crippen molar-refractivity contribution in [1.82, 2.24) is 20.2 Å². The quantitative estimate of drug-likeness (QED) is 0.574. The van der Waals surface area contributed by atoms with Crippen LogP contribution in [0.2, 0.25) is 0 Å². The summed E-state index contributed by atoms with van der Waals surface area (Å²) in [6, 6.07) is 15.1. The van der Waals surface area contributed by atoms with Crippen molar-refractivity contribution in [3.05, 3.63) is 57.5 Å². The number of carbonyl (C=O) groups is 1. The van der Waals surface area contributed by atoms with Crippen LogP contribution in [0.3, 0.4) is 0 Å². The zero-order chi connectivity index (χ0) is 16.9. The summed E-state index contributed by atoms with van der Waals surface area (Å²) in [5.74, 6) is 0.0790. The van der Waals surface area contributed by atoms with Gasteiger partial charge >= 0.3 is 0 Å². The highest BCUT2D eigenvalue weighted by Gasteiger charge is 2.12.